The predicted octanol–water partition coefficient (Wildman–Crippen LogP) is 0.0977. The second-order valence-electron chi connectivity index (χ2n) is 4.69. The molecule has 0 radical (unpaired) electrons. The molecule has 21 heavy (non-hydrogen) atoms. The van der Waals surface area contributed by atoms with Crippen LogP contribution in [0.15, 0.2) is 30.6 Å². The van der Waals surface area contributed by atoms with Crippen molar-refractivity contribution in [2.75, 3.05) is 6.61 Å². The molecule has 0 unspecified atom stereocenters. The molecule has 0 saturated heterocycles. The lowest BCUT2D eigenvalue weighted by molar-refractivity contribution is -0.124. The van der Waals surface area contributed by atoms with Gasteiger partial charge in [0, 0.05) is 6.04 Å². The first-order chi connectivity index (χ1) is 10.2. The van der Waals surface area contributed by atoms with E-state index in [4.69, 9.17) is 4.74 Å². The zero-order valence-electron chi connectivity index (χ0n) is 11.1. The largest absolute Gasteiger partial charge is 0.452 e. The first-order valence-corrected chi connectivity index (χ1v) is 6.53. The van der Waals surface area contributed by atoms with Gasteiger partial charge in [-0.1, -0.05) is 12.1 Å². The van der Waals surface area contributed by atoms with Gasteiger partial charge in [-0.25, -0.2) is 4.79 Å². The number of ether oxygens (including phenoxy) is 1. The van der Waals surface area contributed by atoms with Gasteiger partial charge in [0.1, 0.15) is 6.33 Å². The lowest BCUT2D eigenvalue weighted by Gasteiger charge is -2.08. The van der Waals surface area contributed by atoms with E-state index in [0.717, 1.165) is 12.8 Å². The Bertz CT molecular complexity index is 652. The topological polar surface area (TPSA) is 99.0 Å². The first kappa shape index (κ1) is 13.2. The Morgan fingerprint density at radius 2 is 2.14 bits per heavy atom. The van der Waals surface area contributed by atoms with Crippen LogP contribution in [-0.4, -0.2) is 44.7 Å². The molecule has 0 atom stereocenters. The summed E-state index contributed by atoms with van der Waals surface area (Å²) in [7, 11) is 0. The number of benzene rings is 1. The fourth-order valence-corrected chi connectivity index (χ4v) is 1.82. The standard InChI is InChI=1S/C13H13N5O3/c19-12(15-9-5-6-9)7-21-13(20)10-3-1-2-4-11(10)18-8-14-16-17-18/h1-4,8-9H,5-7H2,(H,15,19). The minimum atomic E-state index is -0.591. The van der Waals surface area contributed by atoms with E-state index in [0.29, 0.717) is 11.3 Å². The first-order valence-electron chi connectivity index (χ1n) is 6.53. The molecule has 0 aliphatic heterocycles. The number of rotatable bonds is 5. The van der Waals surface area contributed by atoms with E-state index in [-0.39, 0.29) is 18.6 Å². The molecule has 1 heterocycles. The Labute approximate surface area is 120 Å². The SMILES string of the molecule is O=C(COC(=O)c1ccccc1-n1cnnn1)NC1CC1. The monoisotopic (exact) mass is 287 g/mol. The molecule has 1 aliphatic rings. The number of nitrogens with one attached hydrogen (secondary N) is 1. The summed E-state index contributed by atoms with van der Waals surface area (Å²) in [6.45, 7) is -0.292. The number of nitrogens with zero attached hydrogens (tertiary/aromatic N) is 4. The molecule has 1 saturated carbocycles. The van der Waals surface area contributed by atoms with Crippen LogP contribution < -0.4 is 5.32 Å². The minimum Gasteiger partial charge on any atom is -0.452 e. The summed E-state index contributed by atoms with van der Waals surface area (Å²) < 4.78 is 6.39. The number of para-hydroxylation sites is 1. The third-order valence-electron chi connectivity index (χ3n) is 3.00. The third kappa shape index (κ3) is 3.22. The maximum atomic E-state index is 12.1. The average Bonchev–Trinajstić information content (AvgIpc) is 3.15. The molecule has 1 aliphatic carbocycles. The second-order valence-corrected chi connectivity index (χ2v) is 4.69. The van der Waals surface area contributed by atoms with Crippen LogP contribution in [0.1, 0.15) is 23.2 Å². The van der Waals surface area contributed by atoms with Gasteiger partial charge in [-0.3, -0.25) is 4.79 Å². The predicted molar refractivity (Wildman–Crippen MR) is 70.6 cm³/mol. The third-order valence-corrected chi connectivity index (χ3v) is 3.00. The van der Waals surface area contributed by atoms with Crippen molar-refractivity contribution in [1.82, 2.24) is 25.5 Å². The number of esters is 1. The van der Waals surface area contributed by atoms with E-state index in [1.54, 1.807) is 24.3 Å². The van der Waals surface area contributed by atoms with Gasteiger partial charge >= 0.3 is 5.97 Å². The Balaban J connectivity index is 1.68. The van der Waals surface area contributed by atoms with Gasteiger partial charge in [0.25, 0.3) is 5.91 Å². The fourth-order valence-electron chi connectivity index (χ4n) is 1.82. The summed E-state index contributed by atoms with van der Waals surface area (Å²) in [6.07, 6.45) is 3.36. The van der Waals surface area contributed by atoms with Crippen molar-refractivity contribution in [3.8, 4) is 5.69 Å². The molecule has 1 fully saturated rings. The van der Waals surface area contributed by atoms with E-state index in [1.165, 1.54) is 11.0 Å². The van der Waals surface area contributed by atoms with Crippen molar-refractivity contribution in [2.24, 2.45) is 0 Å². The summed E-state index contributed by atoms with van der Waals surface area (Å²) >= 11 is 0. The van der Waals surface area contributed by atoms with Crippen LogP contribution in [0.3, 0.4) is 0 Å². The van der Waals surface area contributed by atoms with Crippen molar-refractivity contribution < 1.29 is 14.3 Å². The molecular formula is C13H13N5O3. The van der Waals surface area contributed by atoms with Gasteiger partial charge in [0.05, 0.1) is 11.3 Å². The van der Waals surface area contributed by atoms with E-state index in [1.807, 2.05) is 0 Å². The molecule has 1 aromatic carbocycles. The van der Waals surface area contributed by atoms with E-state index in [9.17, 15) is 9.59 Å². The average molecular weight is 287 g/mol. The van der Waals surface area contributed by atoms with Crippen molar-refractivity contribution >= 4 is 11.9 Å². The molecule has 8 heteroatoms. The maximum absolute atomic E-state index is 12.1. The smallest absolute Gasteiger partial charge is 0.340 e. The molecular weight excluding hydrogens is 274 g/mol. The Morgan fingerprint density at radius 1 is 1.33 bits per heavy atom. The Hall–Kier alpha value is -2.77. The fraction of sp³-hybridized carbons (Fsp3) is 0.308. The van der Waals surface area contributed by atoms with Crippen LogP contribution in [0.5, 0.6) is 0 Å². The van der Waals surface area contributed by atoms with Crippen molar-refractivity contribution in [3.05, 3.63) is 36.2 Å². The highest BCUT2D eigenvalue weighted by molar-refractivity contribution is 5.94. The summed E-state index contributed by atoms with van der Waals surface area (Å²) in [4.78, 5) is 23.6. The highest BCUT2D eigenvalue weighted by atomic mass is 16.5. The normalized spacial score (nSPS) is 13.7. The number of carbonyl (C=O) groups is 2. The molecule has 1 aromatic heterocycles. The molecule has 8 nitrogen and oxygen atoms in total. The van der Waals surface area contributed by atoms with E-state index >= 15 is 0 Å². The summed E-state index contributed by atoms with van der Waals surface area (Å²) in [5.41, 5.74) is 0.791. The van der Waals surface area contributed by atoms with Crippen LogP contribution >= 0.6 is 0 Å². The van der Waals surface area contributed by atoms with Gasteiger partial charge in [0.15, 0.2) is 6.61 Å². The summed E-state index contributed by atoms with van der Waals surface area (Å²) in [5.74, 6) is -0.877. The number of carbonyl (C=O) groups excluding carboxylic acids is 2. The molecule has 3 rings (SSSR count). The lowest BCUT2D eigenvalue weighted by atomic mass is 10.2. The highest BCUT2D eigenvalue weighted by Gasteiger charge is 2.24. The van der Waals surface area contributed by atoms with Crippen LogP contribution in [-0.2, 0) is 9.53 Å². The zero-order valence-corrected chi connectivity index (χ0v) is 11.1. The van der Waals surface area contributed by atoms with E-state index in [2.05, 4.69) is 20.8 Å². The molecule has 1 amide bonds. The number of aromatic nitrogens is 4. The Morgan fingerprint density at radius 3 is 2.86 bits per heavy atom. The summed E-state index contributed by atoms with van der Waals surface area (Å²) in [5, 5.41) is 13.5. The molecule has 108 valence electrons. The number of amides is 1. The second kappa shape index (κ2) is 5.70. The number of tetrazole rings is 1. The van der Waals surface area contributed by atoms with E-state index < -0.39 is 5.97 Å². The maximum Gasteiger partial charge on any atom is 0.340 e. The number of hydrogen-bond donors (Lipinski definition) is 1. The zero-order chi connectivity index (χ0) is 14.7. The van der Waals surface area contributed by atoms with Crippen LogP contribution in [0.4, 0.5) is 0 Å². The number of hydrogen-bond acceptors (Lipinski definition) is 6. The van der Waals surface area contributed by atoms with Gasteiger partial charge in [-0.2, -0.15) is 4.68 Å². The molecule has 0 spiro atoms. The summed E-state index contributed by atoms with van der Waals surface area (Å²) in [6, 6.07) is 6.99. The highest BCUT2D eigenvalue weighted by Crippen LogP contribution is 2.18. The van der Waals surface area contributed by atoms with Gasteiger partial charge < -0.3 is 10.1 Å². The van der Waals surface area contributed by atoms with Gasteiger partial charge in [-0.05, 0) is 35.4 Å². The van der Waals surface area contributed by atoms with Crippen molar-refractivity contribution in [2.45, 2.75) is 18.9 Å². The Kier molecular flexibility index (Phi) is 3.59. The lowest BCUT2D eigenvalue weighted by Crippen LogP contribution is -2.30. The van der Waals surface area contributed by atoms with Crippen molar-refractivity contribution in [1.29, 1.82) is 0 Å². The van der Waals surface area contributed by atoms with Gasteiger partial charge in [-0.15, -0.1) is 5.10 Å². The van der Waals surface area contributed by atoms with Crippen molar-refractivity contribution in [3.63, 3.8) is 0 Å². The molecule has 2 aromatic rings. The van der Waals surface area contributed by atoms with Crippen LogP contribution in [0.25, 0.3) is 5.69 Å². The van der Waals surface area contributed by atoms with Crippen LogP contribution in [0.2, 0.25) is 0 Å². The quantitative estimate of drug-likeness (QED) is 0.783. The van der Waals surface area contributed by atoms with Gasteiger partial charge in [0.2, 0.25) is 0 Å². The minimum absolute atomic E-state index is 0.240. The van der Waals surface area contributed by atoms with Crippen LogP contribution in [0, 0.1) is 0 Å². The molecule has 0 bridgehead atoms. The molecule has 1 N–H and O–H groups in total.